The molecule has 2 atom stereocenters. The highest BCUT2D eigenvalue weighted by Gasteiger charge is 2.41. The predicted molar refractivity (Wildman–Crippen MR) is 66.9 cm³/mol. The van der Waals surface area contributed by atoms with Crippen molar-refractivity contribution in [3.05, 3.63) is 29.6 Å². The van der Waals surface area contributed by atoms with E-state index in [-0.39, 0.29) is 30.6 Å². The second kappa shape index (κ2) is 4.52. The van der Waals surface area contributed by atoms with Crippen molar-refractivity contribution < 1.29 is 14.6 Å². The zero-order valence-corrected chi connectivity index (χ0v) is 10.2. The Bertz CT molecular complexity index is 437. The minimum absolute atomic E-state index is 0.232. The highest BCUT2D eigenvalue weighted by atomic mass is 19.1. The van der Waals surface area contributed by atoms with E-state index >= 15 is 0 Å². The smallest absolute Gasteiger partial charge is 0.130 e. The van der Waals surface area contributed by atoms with Gasteiger partial charge in [0.2, 0.25) is 0 Å². The van der Waals surface area contributed by atoms with Crippen LogP contribution < -0.4 is 4.90 Å². The number of aliphatic hydroxyl groups excluding tert-OH is 2. The minimum atomic E-state index is -0.347. The van der Waals surface area contributed by atoms with Gasteiger partial charge in [-0.3, -0.25) is 0 Å². The predicted octanol–water partition coefficient (Wildman–Crippen LogP) is 1.81. The van der Waals surface area contributed by atoms with Gasteiger partial charge < -0.3 is 15.1 Å². The number of nitrogens with zero attached hydrogens (tertiary/aromatic N) is 1. The van der Waals surface area contributed by atoms with E-state index in [1.807, 2.05) is 6.07 Å². The fraction of sp³-hybridized carbons (Fsp3) is 0.571. The number of rotatable bonds is 2. The molecule has 0 aromatic heterocycles. The first-order chi connectivity index (χ1) is 8.70. The van der Waals surface area contributed by atoms with Gasteiger partial charge in [-0.2, -0.15) is 0 Å². The van der Waals surface area contributed by atoms with E-state index in [9.17, 15) is 14.6 Å². The molecule has 2 heterocycles. The zero-order valence-electron chi connectivity index (χ0n) is 10.2. The number of hydrogen-bond donors (Lipinski definition) is 2. The van der Waals surface area contributed by atoms with E-state index in [4.69, 9.17) is 0 Å². The summed E-state index contributed by atoms with van der Waals surface area (Å²) in [7, 11) is 0. The summed E-state index contributed by atoms with van der Waals surface area (Å²) in [5, 5.41) is 19.1. The molecule has 0 aliphatic carbocycles. The lowest BCUT2D eigenvalue weighted by molar-refractivity contribution is 0.126. The third-order valence-corrected chi connectivity index (χ3v) is 4.24. The third-order valence-electron chi connectivity index (χ3n) is 4.24. The number of fused-ring (bicyclic) bond motifs is 2. The molecule has 2 unspecified atom stereocenters. The van der Waals surface area contributed by atoms with Crippen molar-refractivity contribution in [1.82, 2.24) is 0 Å². The van der Waals surface area contributed by atoms with E-state index < -0.39 is 0 Å². The Morgan fingerprint density at radius 1 is 1.22 bits per heavy atom. The van der Waals surface area contributed by atoms with Crippen LogP contribution in [0.1, 0.15) is 31.2 Å². The van der Waals surface area contributed by atoms with Gasteiger partial charge in [-0.25, -0.2) is 4.39 Å². The summed E-state index contributed by atoms with van der Waals surface area (Å²) in [4.78, 5) is 2.21. The van der Waals surface area contributed by atoms with Crippen molar-refractivity contribution >= 4 is 5.69 Å². The molecule has 18 heavy (non-hydrogen) atoms. The second-order valence-electron chi connectivity index (χ2n) is 5.31. The first kappa shape index (κ1) is 11.9. The lowest BCUT2D eigenvalue weighted by atomic mass is 9.98. The number of benzene rings is 1. The van der Waals surface area contributed by atoms with Crippen LogP contribution in [-0.4, -0.2) is 28.4 Å². The van der Waals surface area contributed by atoms with Gasteiger partial charge in [0.05, 0.1) is 12.7 Å². The fourth-order valence-electron chi connectivity index (χ4n) is 3.49. The number of aliphatic hydroxyl groups is 2. The van der Waals surface area contributed by atoms with E-state index in [0.717, 1.165) is 31.4 Å². The molecule has 0 saturated carbocycles. The maximum atomic E-state index is 13.7. The molecule has 0 radical (unpaired) electrons. The summed E-state index contributed by atoms with van der Waals surface area (Å²) >= 11 is 0. The van der Waals surface area contributed by atoms with Crippen LogP contribution >= 0.6 is 0 Å². The maximum absolute atomic E-state index is 13.7. The van der Waals surface area contributed by atoms with E-state index in [1.54, 1.807) is 6.07 Å². The van der Waals surface area contributed by atoms with Crippen LogP contribution in [0.3, 0.4) is 0 Å². The lowest BCUT2D eigenvalue weighted by Crippen LogP contribution is -2.45. The van der Waals surface area contributed by atoms with Crippen molar-refractivity contribution in [2.24, 2.45) is 0 Å². The van der Waals surface area contributed by atoms with Gasteiger partial charge in [0.1, 0.15) is 5.82 Å². The second-order valence-corrected chi connectivity index (χ2v) is 5.31. The Morgan fingerprint density at radius 3 is 2.50 bits per heavy atom. The lowest BCUT2D eigenvalue weighted by Gasteiger charge is -2.40. The monoisotopic (exact) mass is 251 g/mol. The molecule has 0 spiro atoms. The van der Waals surface area contributed by atoms with Gasteiger partial charge in [0.15, 0.2) is 0 Å². The van der Waals surface area contributed by atoms with Crippen LogP contribution in [0.15, 0.2) is 18.2 Å². The summed E-state index contributed by atoms with van der Waals surface area (Å²) in [5.74, 6) is -0.347. The summed E-state index contributed by atoms with van der Waals surface area (Å²) < 4.78 is 13.7. The number of anilines is 1. The minimum Gasteiger partial charge on any atom is -0.393 e. The molecule has 2 aliphatic rings. The Balaban J connectivity index is 1.99. The van der Waals surface area contributed by atoms with Gasteiger partial charge in [-0.1, -0.05) is 6.07 Å². The van der Waals surface area contributed by atoms with E-state index in [1.165, 1.54) is 6.07 Å². The molecule has 3 nitrogen and oxygen atoms in total. The van der Waals surface area contributed by atoms with Gasteiger partial charge in [-0.05, 0) is 37.8 Å². The quantitative estimate of drug-likeness (QED) is 0.842. The van der Waals surface area contributed by atoms with Crippen LogP contribution in [0, 0.1) is 5.82 Å². The third kappa shape index (κ3) is 1.80. The molecule has 1 aromatic carbocycles. The molecule has 3 rings (SSSR count). The summed E-state index contributed by atoms with van der Waals surface area (Å²) in [5.41, 5.74) is 1.18. The maximum Gasteiger partial charge on any atom is 0.130 e. The largest absolute Gasteiger partial charge is 0.393 e. The van der Waals surface area contributed by atoms with Crippen LogP contribution in [0.25, 0.3) is 0 Å². The number of hydrogen-bond acceptors (Lipinski definition) is 3. The SMILES string of the molecule is OCc1c(F)cccc1N1C2CCC1CC(O)C2. The summed E-state index contributed by atoms with van der Waals surface area (Å²) in [6.45, 7) is -0.277. The molecule has 2 aliphatic heterocycles. The number of piperidine rings is 1. The Hall–Kier alpha value is -1.13. The molecule has 4 heteroatoms. The van der Waals surface area contributed by atoms with Crippen molar-refractivity contribution in [3.63, 3.8) is 0 Å². The molecule has 2 N–H and O–H groups in total. The molecule has 0 amide bonds. The Labute approximate surface area is 106 Å². The van der Waals surface area contributed by atoms with Gasteiger partial charge in [0, 0.05) is 23.3 Å². The Morgan fingerprint density at radius 2 is 1.89 bits per heavy atom. The summed E-state index contributed by atoms with van der Waals surface area (Å²) in [6, 6.07) is 5.51. The topological polar surface area (TPSA) is 43.7 Å². The highest BCUT2D eigenvalue weighted by Crippen LogP contribution is 2.41. The molecule has 2 saturated heterocycles. The average molecular weight is 251 g/mol. The first-order valence-corrected chi connectivity index (χ1v) is 6.55. The van der Waals surface area contributed by atoms with Gasteiger partial charge in [-0.15, -0.1) is 0 Å². The number of halogens is 1. The molecule has 98 valence electrons. The molecule has 1 aromatic rings. The van der Waals surface area contributed by atoms with E-state index in [0.29, 0.717) is 5.56 Å². The average Bonchev–Trinajstić information content (AvgIpc) is 2.61. The van der Waals surface area contributed by atoms with Crippen molar-refractivity contribution in [1.29, 1.82) is 0 Å². The normalized spacial score (nSPS) is 30.8. The molecule has 2 bridgehead atoms. The van der Waals surface area contributed by atoms with Gasteiger partial charge in [0.25, 0.3) is 0 Å². The van der Waals surface area contributed by atoms with E-state index in [2.05, 4.69) is 4.90 Å². The van der Waals surface area contributed by atoms with Gasteiger partial charge >= 0.3 is 0 Å². The van der Waals surface area contributed by atoms with Crippen molar-refractivity contribution in [2.75, 3.05) is 4.90 Å². The van der Waals surface area contributed by atoms with Crippen molar-refractivity contribution in [2.45, 2.75) is 50.5 Å². The molecule has 2 fully saturated rings. The molecular formula is C14H18FNO2. The standard InChI is InChI=1S/C14H18FNO2/c15-13-2-1-3-14(12(13)8-17)16-9-4-5-10(16)7-11(18)6-9/h1-3,9-11,17-18H,4-8H2. The first-order valence-electron chi connectivity index (χ1n) is 6.55. The van der Waals surface area contributed by atoms with Crippen LogP contribution in [0.4, 0.5) is 10.1 Å². The zero-order chi connectivity index (χ0) is 12.7. The van der Waals surface area contributed by atoms with Crippen LogP contribution in [-0.2, 0) is 6.61 Å². The van der Waals surface area contributed by atoms with Crippen LogP contribution in [0.2, 0.25) is 0 Å². The van der Waals surface area contributed by atoms with Crippen LogP contribution in [0.5, 0.6) is 0 Å². The van der Waals surface area contributed by atoms with Crippen molar-refractivity contribution in [3.8, 4) is 0 Å². The fourth-order valence-corrected chi connectivity index (χ4v) is 3.49. The summed E-state index contributed by atoms with van der Waals surface area (Å²) in [6.07, 6.45) is 3.35. The Kier molecular flexibility index (Phi) is 2.99. The molecular weight excluding hydrogens is 233 g/mol. The highest BCUT2D eigenvalue weighted by molar-refractivity contribution is 5.57.